The van der Waals surface area contributed by atoms with Crippen molar-refractivity contribution >= 4 is 5.97 Å². The summed E-state index contributed by atoms with van der Waals surface area (Å²) in [6.07, 6.45) is 5.06. The van der Waals surface area contributed by atoms with Crippen molar-refractivity contribution in [3.05, 3.63) is 0 Å². The number of carboxylic acids is 1. The summed E-state index contributed by atoms with van der Waals surface area (Å²) >= 11 is 0. The number of aliphatic hydroxyl groups is 1. The third-order valence-corrected chi connectivity index (χ3v) is 4.27. The van der Waals surface area contributed by atoms with Crippen LogP contribution in [0.2, 0.25) is 0 Å². The quantitative estimate of drug-likeness (QED) is 0.779. The fraction of sp³-hybridized carbons (Fsp3) is 0.929. The van der Waals surface area contributed by atoms with Gasteiger partial charge < -0.3 is 10.2 Å². The highest BCUT2D eigenvalue weighted by atomic mass is 16.4. The van der Waals surface area contributed by atoms with Gasteiger partial charge in [0.2, 0.25) is 0 Å². The Bertz CT molecular complexity index is 262. The van der Waals surface area contributed by atoms with Crippen molar-refractivity contribution in [2.75, 3.05) is 0 Å². The molecule has 0 saturated heterocycles. The van der Waals surface area contributed by atoms with Crippen LogP contribution in [0, 0.1) is 17.8 Å². The lowest BCUT2D eigenvalue weighted by Gasteiger charge is -2.45. The molecule has 1 aliphatic rings. The van der Waals surface area contributed by atoms with Crippen LogP contribution in [0.1, 0.15) is 59.3 Å². The summed E-state index contributed by atoms with van der Waals surface area (Å²) in [6.45, 7) is 6.16. The minimum Gasteiger partial charge on any atom is -0.481 e. The van der Waals surface area contributed by atoms with E-state index in [9.17, 15) is 15.0 Å². The summed E-state index contributed by atoms with van der Waals surface area (Å²) in [5.41, 5.74) is -0.992. The number of carbonyl (C=O) groups is 1. The number of aliphatic carboxylic acids is 1. The van der Waals surface area contributed by atoms with E-state index in [0.29, 0.717) is 18.8 Å². The maximum atomic E-state index is 11.4. The molecule has 3 heteroatoms. The summed E-state index contributed by atoms with van der Waals surface area (Å²) in [5, 5.41) is 20.2. The minimum atomic E-state index is -0.992. The van der Waals surface area contributed by atoms with Crippen LogP contribution < -0.4 is 0 Å². The Morgan fingerprint density at radius 1 is 1.41 bits per heavy atom. The second kappa shape index (κ2) is 5.85. The molecule has 100 valence electrons. The van der Waals surface area contributed by atoms with Crippen LogP contribution in [0.25, 0.3) is 0 Å². The fourth-order valence-electron chi connectivity index (χ4n) is 3.43. The largest absolute Gasteiger partial charge is 0.481 e. The highest BCUT2D eigenvalue weighted by Crippen LogP contribution is 2.44. The van der Waals surface area contributed by atoms with Crippen molar-refractivity contribution in [2.45, 2.75) is 64.9 Å². The molecular weight excluding hydrogens is 216 g/mol. The van der Waals surface area contributed by atoms with Crippen LogP contribution in [0.15, 0.2) is 0 Å². The molecule has 2 N–H and O–H groups in total. The van der Waals surface area contributed by atoms with E-state index in [-0.39, 0.29) is 5.92 Å². The van der Waals surface area contributed by atoms with Crippen LogP contribution >= 0.6 is 0 Å². The topological polar surface area (TPSA) is 57.5 Å². The van der Waals surface area contributed by atoms with Gasteiger partial charge in [0.05, 0.1) is 11.5 Å². The van der Waals surface area contributed by atoms with Crippen molar-refractivity contribution in [1.29, 1.82) is 0 Å². The van der Waals surface area contributed by atoms with Gasteiger partial charge in [-0.1, -0.05) is 40.0 Å². The van der Waals surface area contributed by atoms with E-state index in [2.05, 4.69) is 13.8 Å². The molecule has 3 atom stereocenters. The van der Waals surface area contributed by atoms with E-state index in [1.54, 1.807) is 0 Å². The van der Waals surface area contributed by atoms with E-state index in [4.69, 9.17) is 0 Å². The molecule has 0 bridgehead atoms. The molecule has 3 unspecified atom stereocenters. The summed E-state index contributed by atoms with van der Waals surface area (Å²) in [5.74, 6) is -0.954. The summed E-state index contributed by atoms with van der Waals surface area (Å²) in [4.78, 5) is 11.4. The molecule has 1 aliphatic carbocycles. The lowest BCUT2D eigenvalue weighted by molar-refractivity contribution is -0.165. The highest BCUT2D eigenvalue weighted by Gasteiger charge is 2.48. The van der Waals surface area contributed by atoms with E-state index >= 15 is 0 Å². The Hall–Kier alpha value is -0.570. The van der Waals surface area contributed by atoms with Gasteiger partial charge in [-0.2, -0.15) is 0 Å². The number of hydrogen-bond donors (Lipinski definition) is 2. The van der Waals surface area contributed by atoms with Gasteiger partial charge in [-0.3, -0.25) is 4.79 Å². The maximum Gasteiger partial charge on any atom is 0.309 e. The van der Waals surface area contributed by atoms with Crippen LogP contribution in [-0.4, -0.2) is 21.8 Å². The van der Waals surface area contributed by atoms with Crippen molar-refractivity contribution in [1.82, 2.24) is 0 Å². The second-order valence-corrected chi connectivity index (χ2v) is 5.77. The Labute approximate surface area is 104 Å². The monoisotopic (exact) mass is 242 g/mol. The highest BCUT2D eigenvalue weighted by molar-refractivity contribution is 5.71. The van der Waals surface area contributed by atoms with E-state index in [0.717, 1.165) is 25.7 Å². The van der Waals surface area contributed by atoms with Crippen LogP contribution in [0.4, 0.5) is 0 Å². The molecular formula is C14H26O3. The van der Waals surface area contributed by atoms with Gasteiger partial charge in [-0.15, -0.1) is 0 Å². The second-order valence-electron chi connectivity index (χ2n) is 5.77. The number of hydrogen-bond acceptors (Lipinski definition) is 2. The molecule has 0 aromatic heterocycles. The summed E-state index contributed by atoms with van der Waals surface area (Å²) in [7, 11) is 0. The van der Waals surface area contributed by atoms with Crippen molar-refractivity contribution in [3.63, 3.8) is 0 Å². The van der Waals surface area contributed by atoms with Crippen molar-refractivity contribution in [2.24, 2.45) is 17.8 Å². The van der Waals surface area contributed by atoms with Gasteiger partial charge in [0.25, 0.3) is 0 Å². The minimum absolute atomic E-state index is 0.129. The zero-order chi connectivity index (χ0) is 13.1. The van der Waals surface area contributed by atoms with Gasteiger partial charge in [-0.25, -0.2) is 0 Å². The van der Waals surface area contributed by atoms with E-state index < -0.39 is 17.5 Å². The van der Waals surface area contributed by atoms with Gasteiger partial charge in [0, 0.05) is 0 Å². The average Bonchev–Trinajstić information content (AvgIpc) is 2.25. The molecule has 0 aromatic rings. The van der Waals surface area contributed by atoms with Crippen LogP contribution in [-0.2, 0) is 4.79 Å². The Morgan fingerprint density at radius 3 is 2.53 bits per heavy atom. The van der Waals surface area contributed by atoms with E-state index in [1.165, 1.54) is 0 Å². The predicted molar refractivity (Wildman–Crippen MR) is 67.8 cm³/mol. The molecule has 0 aromatic carbocycles. The first kappa shape index (κ1) is 14.5. The van der Waals surface area contributed by atoms with Gasteiger partial charge >= 0.3 is 5.97 Å². The van der Waals surface area contributed by atoms with Gasteiger partial charge in [0.1, 0.15) is 0 Å². The lowest BCUT2D eigenvalue weighted by Crippen LogP contribution is -2.52. The third-order valence-electron chi connectivity index (χ3n) is 4.27. The normalized spacial score (nSPS) is 31.5. The van der Waals surface area contributed by atoms with Crippen molar-refractivity contribution in [3.8, 4) is 0 Å². The summed E-state index contributed by atoms with van der Waals surface area (Å²) in [6, 6.07) is 0. The lowest BCUT2D eigenvalue weighted by atomic mass is 9.63. The zero-order valence-corrected chi connectivity index (χ0v) is 11.3. The molecule has 17 heavy (non-hydrogen) atoms. The van der Waals surface area contributed by atoms with Crippen LogP contribution in [0.3, 0.4) is 0 Å². The molecule has 0 radical (unpaired) electrons. The SMILES string of the molecule is CCCC(C(=O)O)C1(O)CCCCC1C(C)C. The molecule has 0 aliphatic heterocycles. The van der Waals surface area contributed by atoms with E-state index in [1.807, 2.05) is 6.92 Å². The fourth-order valence-corrected chi connectivity index (χ4v) is 3.43. The molecule has 3 nitrogen and oxygen atoms in total. The zero-order valence-electron chi connectivity index (χ0n) is 11.3. The van der Waals surface area contributed by atoms with Crippen LogP contribution in [0.5, 0.6) is 0 Å². The number of rotatable bonds is 5. The molecule has 0 spiro atoms. The number of carboxylic acid groups (broad SMARTS) is 1. The molecule has 1 rings (SSSR count). The summed E-state index contributed by atoms with van der Waals surface area (Å²) < 4.78 is 0. The Morgan fingerprint density at radius 2 is 2.06 bits per heavy atom. The predicted octanol–water partition coefficient (Wildman–Crippen LogP) is 3.06. The Kier molecular flexibility index (Phi) is 4.99. The van der Waals surface area contributed by atoms with Crippen molar-refractivity contribution < 1.29 is 15.0 Å². The first-order chi connectivity index (χ1) is 7.93. The third kappa shape index (κ3) is 3.01. The standard InChI is InChI=1S/C14H26O3/c1-4-7-12(13(15)16)14(17)9-6-5-8-11(14)10(2)3/h10-12,17H,4-9H2,1-3H3,(H,15,16). The molecule has 1 saturated carbocycles. The van der Waals surface area contributed by atoms with Gasteiger partial charge in [-0.05, 0) is 31.1 Å². The molecule has 1 fully saturated rings. The molecule has 0 heterocycles. The molecule has 0 amide bonds. The Balaban J connectivity index is 2.96. The average molecular weight is 242 g/mol. The first-order valence-corrected chi connectivity index (χ1v) is 6.88. The maximum absolute atomic E-state index is 11.4. The first-order valence-electron chi connectivity index (χ1n) is 6.88. The smallest absolute Gasteiger partial charge is 0.309 e. The van der Waals surface area contributed by atoms with Gasteiger partial charge in [0.15, 0.2) is 0 Å².